The van der Waals surface area contributed by atoms with Gasteiger partial charge in [0.2, 0.25) is 11.3 Å². The molecular formula is C52H58BrIN10O4. The summed E-state index contributed by atoms with van der Waals surface area (Å²) in [6.45, 7) is 9.09. The summed E-state index contributed by atoms with van der Waals surface area (Å²) in [6.07, 6.45) is 20.1. The number of halogens is 2. The average molecular weight is 1090 g/mol. The number of methoxy groups -OCH3 is 2. The Hall–Kier alpha value is -5.17. The molecule has 8 aromatic rings. The molecule has 4 aliphatic heterocycles. The number of hydrogen-bond acceptors (Lipinski definition) is 14. The van der Waals surface area contributed by atoms with Gasteiger partial charge in [0.1, 0.15) is 11.5 Å². The van der Waals surface area contributed by atoms with Crippen molar-refractivity contribution in [3.05, 3.63) is 93.5 Å². The maximum atomic E-state index is 6.20. The molecule has 0 atom stereocenters. The zero-order valence-corrected chi connectivity index (χ0v) is 42.6. The van der Waals surface area contributed by atoms with E-state index in [-0.39, 0.29) is 0 Å². The Balaban J connectivity index is 0.000000132. The molecule has 0 amide bonds. The molecule has 12 rings (SSSR count). The van der Waals surface area contributed by atoms with Crippen molar-refractivity contribution in [3.63, 3.8) is 0 Å². The van der Waals surface area contributed by atoms with Gasteiger partial charge < -0.3 is 37.9 Å². The Morgan fingerprint density at radius 2 is 1.07 bits per heavy atom. The molecule has 354 valence electrons. The lowest BCUT2D eigenvalue weighted by Gasteiger charge is -2.39. The number of nitrogens with zero attached hydrogens (tertiary/aromatic N) is 10. The number of hydrogen-bond donors (Lipinski definition) is 0. The maximum Gasteiger partial charge on any atom is 0.299 e. The minimum Gasteiger partial charge on any atom is -0.496 e. The highest BCUT2D eigenvalue weighted by Crippen LogP contribution is 2.35. The summed E-state index contributed by atoms with van der Waals surface area (Å²) < 4.78 is 24.9. The highest BCUT2D eigenvalue weighted by molar-refractivity contribution is 14.1. The van der Waals surface area contributed by atoms with E-state index in [1.165, 1.54) is 90.4 Å². The number of oxazole rings is 2. The van der Waals surface area contributed by atoms with Crippen molar-refractivity contribution in [1.82, 2.24) is 39.7 Å². The van der Waals surface area contributed by atoms with Crippen LogP contribution >= 0.6 is 38.5 Å². The third-order valence-corrected chi connectivity index (χ3v) is 15.2. The van der Waals surface area contributed by atoms with Crippen LogP contribution in [-0.4, -0.2) is 118 Å². The summed E-state index contributed by atoms with van der Waals surface area (Å²) in [5.41, 5.74) is 6.65. The Labute approximate surface area is 419 Å². The van der Waals surface area contributed by atoms with Crippen LogP contribution in [0.5, 0.6) is 11.5 Å². The van der Waals surface area contributed by atoms with Gasteiger partial charge in [-0.3, -0.25) is 9.97 Å². The van der Waals surface area contributed by atoms with Crippen LogP contribution in [-0.2, 0) is 0 Å². The highest BCUT2D eigenvalue weighted by Gasteiger charge is 2.29. The zero-order valence-electron chi connectivity index (χ0n) is 38.8. The van der Waals surface area contributed by atoms with Gasteiger partial charge >= 0.3 is 0 Å². The minimum atomic E-state index is 0.651. The Morgan fingerprint density at radius 1 is 0.574 bits per heavy atom. The van der Waals surface area contributed by atoms with E-state index in [4.69, 9.17) is 23.3 Å². The van der Waals surface area contributed by atoms with Gasteiger partial charge in [0, 0.05) is 99.1 Å². The first kappa shape index (κ1) is 46.6. The van der Waals surface area contributed by atoms with Crippen LogP contribution in [0.15, 0.2) is 98.8 Å². The first-order valence-corrected chi connectivity index (χ1v) is 26.0. The normalized spacial score (nSPS) is 17.8. The van der Waals surface area contributed by atoms with Gasteiger partial charge in [0.05, 0.1) is 25.3 Å². The number of likely N-dealkylation sites (tertiary alicyclic amines) is 2. The first-order chi connectivity index (χ1) is 33.4. The van der Waals surface area contributed by atoms with E-state index < -0.39 is 0 Å². The van der Waals surface area contributed by atoms with Crippen molar-refractivity contribution in [2.75, 3.05) is 76.4 Å². The number of benzene rings is 2. The van der Waals surface area contributed by atoms with Crippen LogP contribution in [0.3, 0.4) is 0 Å². The van der Waals surface area contributed by atoms with Crippen LogP contribution < -0.4 is 19.3 Å². The molecule has 0 aliphatic carbocycles. The second-order valence-corrected chi connectivity index (χ2v) is 20.1. The Kier molecular flexibility index (Phi) is 14.8. The number of piperidine rings is 4. The number of rotatable bonds is 7. The Bertz CT molecular complexity index is 2960. The van der Waals surface area contributed by atoms with E-state index in [2.05, 4.69) is 89.1 Å². The van der Waals surface area contributed by atoms with E-state index in [9.17, 15) is 0 Å². The molecular weight excluding hydrogens is 1040 g/mol. The van der Waals surface area contributed by atoms with Crippen molar-refractivity contribution >= 4 is 94.8 Å². The smallest absolute Gasteiger partial charge is 0.299 e. The number of ether oxygens (including phenoxy) is 2. The van der Waals surface area contributed by atoms with Gasteiger partial charge in [-0.05, 0) is 152 Å². The minimum absolute atomic E-state index is 0.651. The SMILES string of the molecule is Brc1cnc2nc(N3CCC(N4CCCCC4)CC3)oc2c1.COc1ccnc2c(-c3cnc4nc(N5CCC(N6CCCCC6)CC5)oc4c3)cccc12.COc1ccnc2c(I)cccc12. The van der Waals surface area contributed by atoms with Crippen LogP contribution in [0.2, 0.25) is 0 Å². The third-order valence-electron chi connectivity index (χ3n) is 13.9. The van der Waals surface area contributed by atoms with Crippen LogP contribution in [0.4, 0.5) is 12.0 Å². The molecule has 0 N–H and O–H groups in total. The third kappa shape index (κ3) is 10.4. The van der Waals surface area contributed by atoms with Crippen molar-refractivity contribution in [2.45, 2.75) is 76.3 Å². The molecule has 14 nitrogen and oxygen atoms in total. The number of para-hydroxylation sites is 2. The number of pyridine rings is 4. The van der Waals surface area contributed by atoms with Crippen LogP contribution in [0.25, 0.3) is 55.4 Å². The van der Waals surface area contributed by atoms with E-state index in [1.54, 1.807) is 32.8 Å². The standard InChI is InChI=1S/C26H29N5O2.C16H21BrN4O.C10H8INO/c1-32-22-8-11-27-24-20(6-5-7-21(22)24)18-16-23-25(28-17-18)29-26(33-23)31-14-9-19(10-15-31)30-12-3-2-4-13-30;17-12-10-14-15(18-11-12)19-16(22-14)21-8-4-13(5-9-21)20-6-2-1-3-7-20;1-13-9-5-6-12-10-7(9)3-2-4-8(10)11/h5-8,11,16-17,19H,2-4,9-10,12-15H2,1H3;10-11,13H,1-9H2;2-6H,1H3. The van der Waals surface area contributed by atoms with Gasteiger partial charge in [0.25, 0.3) is 12.0 Å². The monoisotopic (exact) mass is 1090 g/mol. The predicted octanol–water partition coefficient (Wildman–Crippen LogP) is 11.2. The van der Waals surface area contributed by atoms with Crippen molar-refractivity contribution in [1.29, 1.82) is 0 Å². The maximum absolute atomic E-state index is 6.20. The van der Waals surface area contributed by atoms with Crippen LogP contribution in [0, 0.1) is 3.57 Å². The molecule has 0 spiro atoms. The second-order valence-electron chi connectivity index (χ2n) is 18.0. The number of fused-ring (bicyclic) bond motifs is 4. The zero-order chi connectivity index (χ0) is 46.4. The van der Waals surface area contributed by atoms with E-state index in [0.717, 1.165) is 96.3 Å². The Morgan fingerprint density at radius 3 is 1.63 bits per heavy atom. The fraction of sp³-hybridized carbons (Fsp3) is 0.423. The van der Waals surface area contributed by atoms with Crippen molar-refractivity contribution in [2.24, 2.45) is 0 Å². The molecule has 2 aromatic carbocycles. The molecule has 0 bridgehead atoms. The lowest BCUT2D eigenvalue weighted by Crippen LogP contribution is -2.46. The summed E-state index contributed by atoms with van der Waals surface area (Å²) in [4.78, 5) is 36.9. The van der Waals surface area contributed by atoms with Crippen molar-refractivity contribution < 1.29 is 18.3 Å². The average Bonchev–Trinajstić information content (AvgIpc) is 4.04. The molecule has 4 aliphatic rings. The summed E-state index contributed by atoms with van der Waals surface area (Å²) in [5.74, 6) is 1.69. The van der Waals surface area contributed by atoms with Gasteiger partial charge in [-0.1, -0.05) is 31.0 Å². The van der Waals surface area contributed by atoms with Gasteiger partial charge in [-0.2, -0.15) is 9.97 Å². The molecule has 16 heteroatoms. The highest BCUT2D eigenvalue weighted by atomic mass is 127. The molecule has 0 saturated carbocycles. The first-order valence-electron chi connectivity index (χ1n) is 24.1. The molecule has 6 aromatic heterocycles. The molecule has 68 heavy (non-hydrogen) atoms. The molecule has 0 unspecified atom stereocenters. The molecule has 0 radical (unpaired) electrons. The van der Waals surface area contributed by atoms with Gasteiger partial charge in [-0.15, -0.1) is 0 Å². The number of anilines is 2. The summed E-state index contributed by atoms with van der Waals surface area (Å²) in [6, 6.07) is 22.7. The fourth-order valence-electron chi connectivity index (χ4n) is 10.3. The largest absolute Gasteiger partial charge is 0.496 e. The molecule has 4 saturated heterocycles. The fourth-order valence-corrected chi connectivity index (χ4v) is 11.2. The van der Waals surface area contributed by atoms with Crippen molar-refractivity contribution in [3.8, 4) is 22.6 Å². The van der Waals surface area contributed by atoms with Gasteiger partial charge in [-0.25, -0.2) is 9.97 Å². The molecule has 4 fully saturated rings. The van der Waals surface area contributed by atoms with E-state index in [1.807, 2.05) is 60.8 Å². The number of aromatic nitrogens is 6. The quantitative estimate of drug-likeness (QED) is 0.140. The van der Waals surface area contributed by atoms with E-state index in [0.29, 0.717) is 28.9 Å². The lowest BCUT2D eigenvalue weighted by atomic mass is 10.0. The summed E-state index contributed by atoms with van der Waals surface area (Å²) in [7, 11) is 3.36. The second kappa shape index (κ2) is 21.6. The summed E-state index contributed by atoms with van der Waals surface area (Å²) in [5, 5.41) is 2.05. The van der Waals surface area contributed by atoms with Gasteiger partial charge in [0.15, 0.2) is 11.2 Å². The summed E-state index contributed by atoms with van der Waals surface area (Å²) >= 11 is 5.69. The topological polar surface area (TPSA) is 135 Å². The lowest BCUT2D eigenvalue weighted by molar-refractivity contribution is 0.140. The van der Waals surface area contributed by atoms with E-state index >= 15 is 0 Å². The predicted molar refractivity (Wildman–Crippen MR) is 281 cm³/mol. The molecule has 10 heterocycles. The van der Waals surface area contributed by atoms with Crippen LogP contribution in [0.1, 0.15) is 64.2 Å².